The van der Waals surface area contributed by atoms with Crippen LogP contribution in [0, 0.1) is 39.6 Å². The van der Waals surface area contributed by atoms with Gasteiger partial charge in [-0.2, -0.15) is 6.07 Å². The molecule has 0 saturated carbocycles. The fraction of sp³-hybridized carbons (Fsp3) is 0.0508. The zero-order valence-corrected chi connectivity index (χ0v) is 38.7. The standard InChI is InChI=1S/C59H41N6.Pt/c1-38-33-39(2)58(40(3)34-38)62-37-61(51-27-14-15-28-52(51)62)44-21-16-22-45(36-44)64-54-32-31-53-56(46-23-10-12-25-49(46)63(53)42-17-6-4-7-18-42)57(54)47-30-29-41(35-55(47)64)59-60-48-24-11-13-26-50(48)65(59)43-19-8-5-9-20-43;/h4-34,37H,1-3H3;/q-3;. The van der Waals surface area contributed by atoms with E-state index in [1.165, 1.54) is 44.1 Å². The molecule has 4 heterocycles. The first-order valence-electron chi connectivity index (χ1n) is 22.1. The third-order valence-corrected chi connectivity index (χ3v) is 13.1. The largest absolute Gasteiger partial charge is 0.493 e. The predicted molar refractivity (Wildman–Crippen MR) is 269 cm³/mol. The molecule has 7 heteroatoms. The molecule has 0 saturated heterocycles. The van der Waals surface area contributed by atoms with Gasteiger partial charge in [0.2, 0.25) is 0 Å². The Morgan fingerprint density at radius 2 is 1.05 bits per heavy atom. The summed E-state index contributed by atoms with van der Waals surface area (Å²) in [6.07, 6.45) is 0. The van der Waals surface area contributed by atoms with E-state index in [4.69, 9.17) is 4.98 Å². The van der Waals surface area contributed by atoms with Crippen molar-refractivity contribution in [1.29, 1.82) is 0 Å². The number of fused-ring (bicyclic) bond motifs is 9. The number of aryl methyl sites for hydroxylation is 3. The molecule has 12 aromatic rings. The molecule has 0 radical (unpaired) electrons. The molecular weight excluding hydrogens is 988 g/mol. The van der Waals surface area contributed by atoms with Gasteiger partial charge < -0.3 is 23.5 Å². The summed E-state index contributed by atoms with van der Waals surface area (Å²) in [5.41, 5.74) is 18.5. The summed E-state index contributed by atoms with van der Waals surface area (Å²) >= 11 is 0. The Hall–Kier alpha value is -7.66. The second-order valence-corrected chi connectivity index (χ2v) is 17.1. The molecule has 0 bridgehead atoms. The van der Waals surface area contributed by atoms with Gasteiger partial charge >= 0.3 is 0 Å². The van der Waals surface area contributed by atoms with Crippen LogP contribution in [-0.4, -0.2) is 18.7 Å². The maximum atomic E-state index is 5.28. The van der Waals surface area contributed by atoms with Crippen molar-refractivity contribution in [2.45, 2.75) is 20.8 Å². The zero-order valence-electron chi connectivity index (χ0n) is 36.5. The Balaban J connectivity index is 0.00000456. The molecular formula is C59H41N6Pt-3. The van der Waals surface area contributed by atoms with Gasteiger partial charge in [-0.05, 0) is 110 Å². The predicted octanol–water partition coefficient (Wildman–Crippen LogP) is 14.8. The Bertz CT molecular complexity index is 3840. The van der Waals surface area contributed by atoms with Crippen LogP contribution in [0.4, 0.5) is 22.7 Å². The molecule has 0 unspecified atom stereocenters. The van der Waals surface area contributed by atoms with E-state index < -0.39 is 0 Å². The van der Waals surface area contributed by atoms with Crippen molar-refractivity contribution in [1.82, 2.24) is 18.7 Å². The van der Waals surface area contributed by atoms with Crippen LogP contribution in [0.1, 0.15) is 16.7 Å². The second-order valence-electron chi connectivity index (χ2n) is 17.1. The monoisotopic (exact) mass is 1030 g/mol. The molecule has 0 aliphatic carbocycles. The number of anilines is 4. The van der Waals surface area contributed by atoms with Crippen LogP contribution in [0.15, 0.2) is 188 Å². The van der Waals surface area contributed by atoms with Gasteiger partial charge in [-0.3, -0.25) is 4.98 Å². The molecule has 1 aliphatic rings. The Kier molecular flexibility index (Phi) is 9.37. The van der Waals surface area contributed by atoms with Gasteiger partial charge in [0, 0.05) is 65.8 Å². The number of benzene rings is 9. The maximum absolute atomic E-state index is 5.28. The Morgan fingerprint density at radius 1 is 0.455 bits per heavy atom. The minimum Gasteiger partial charge on any atom is -0.493 e. The second kappa shape index (κ2) is 15.5. The van der Waals surface area contributed by atoms with Crippen LogP contribution >= 0.6 is 0 Å². The number of imidazole rings is 1. The molecule has 0 amide bonds. The number of aromatic nitrogens is 4. The summed E-state index contributed by atoms with van der Waals surface area (Å²) in [7, 11) is 0. The van der Waals surface area contributed by atoms with Gasteiger partial charge in [0.25, 0.3) is 0 Å². The van der Waals surface area contributed by atoms with Crippen LogP contribution in [0.3, 0.4) is 0 Å². The van der Waals surface area contributed by atoms with Crippen molar-refractivity contribution < 1.29 is 21.1 Å². The quantitative estimate of drug-likeness (QED) is 0.156. The van der Waals surface area contributed by atoms with E-state index in [-0.39, 0.29) is 21.1 Å². The van der Waals surface area contributed by atoms with E-state index in [1.54, 1.807) is 0 Å². The number of nitrogens with zero attached hydrogens (tertiary/aromatic N) is 6. The van der Waals surface area contributed by atoms with Crippen molar-refractivity contribution >= 4 is 77.4 Å². The van der Waals surface area contributed by atoms with Crippen LogP contribution in [0.2, 0.25) is 0 Å². The van der Waals surface area contributed by atoms with Crippen LogP contribution in [-0.2, 0) is 21.1 Å². The van der Waals surface area contributed by atoms with E-state index in [0.29, 0.717) is 0 Å². The smallest absolute Gasteiger partial charge is 0.0774 e. The molecule has 0 fully saturated rings. The van der Waals surface area contributed by atoms with Crippen LogP contribution < -0.4 is 9.80 Å². The van der Waals surface area contributed by atoms with Crippen LogP contribution in [0.25, 0.3) is 83.1 Å². The first-order chi connectivity index (χ1) is 32.0. The van der Waals surface area contributed by atoms with E-state index >= 15 is 0 Å². The van der Waals surface area contributed by atoms with Gasteiger partial charge in [0.15, 0.2) is 0 Å². The molecule has 1 aliphatic heterocycles. The number of rotatable bonds is 6. The van der Waals surface area contributed by atoms with Crippen molar-refractivity contribution in [2.75, 3.05) is 9.80 Å². The van der Waals surface area contributed by atoms with Gasteiger partial charge in [0.1, 0.15) is 0 Å². The maximum Gasteiger partial charge on any atom is 0.0774 e. The van der Waals surface area contributed by atoms with Crippen molar-refractivity contribution in [3.63, 3.8) is 0 Å². The minimum absolute atomic E-state index is 0. The molecule has 6 nitrogen and oxygen atoms in total. The number of hydrogen-bond acceptors (Lipinski definition) is 3. The third-order valence-electron chi connectivity index (χ3n) is 13.1. The SMILES string of the molecule is Cc1cc(C)c(N2[CH-]N(c3[c-]c(-n4c5[c-]c(-c6nc7ccccc7n6-c6ccccc6)ccc5c5c6c7ccccc7n(-c7ccccc7)c6ccc54)ccc3)c3ccccc32)c(C)c1.[Pt]. The summed E-state index contributed by atoms with van der Waals surface area (Å²) in [5.74, 6) is 0.838. The van der Waals surface area contributed by atoms with Crippen LogP contribution in [0.5, 0.6) is 0 Å². The normalized spacial score (nSPS) is 12.5. The third kappa shape index (κ3) is 6.02. The molecule has 320 valence electrons. The average molecular weight is 1030 g/mol. The zero-order chi connectivity index (χ0) is 43.3. The molecule has 3 aromatic heterocycles. The van der Waals surface area contributed by atoms with Gasteiger partial charge in [-0.1, -0.05) is 108 Å². The molecule has 0 atom stereocenters. The molecule has 9 aromatic carbocycles. The molecule has 0 N–H and O–H groups in total. The Labute approximate surface area is 397 Å². The van der Waals surface area contributed by atoms with E-state index in [0.717, 1.165) is 78.5 Å². The fourth-order valence-electron chi connectivity index (χ4n) is 10.5. The van der Waals surface area contributed by atoms with E-state index in [2.05, 4.69) is 251 Å². The topological polar surface area (TPSA) is 34.2 Å². The summed E-state index contributed by atoms with van der Waals surface area (Å²) in [5, 5.41) is 4.70. The summed E-state index contributed by atoms with van der Waals surface area (Å²) in [6, 6.07) is 75.0. The van der Waals surface area contributed by atoms with Gasteiger partial charge in [0.05, 0.1) is 27.9 Å². The van der Waals surface area contributed by atoms with Crippen molar-refractivity contribution in [3.05, 3.63) is 224 Å². The van der Waals surface area contributed by atoms with Gasteiger partial charge in [-0.25, -0.2) is 0 Å². The minimum atomic E-state index is 0. The molecule has 0 spiro atoms. The fourth-order valence-corrected chi connectivity index (χ4v) is 10.5. The number of para-hydroxylation sites is 7. The van der Waals surface area contributed by atoms with Crippen molar-refractivity contribution in [3.8, 4) is 28.5 Å². The van der Waals surface area contributed by atoms with E-state index in [9.17, 15) is 0 Å². The summed E-state index contributed by atoms with van der Waals surface area (Å²) in [6.45, 7) is 8.80. The number of hydrogen-bond donors (Lipinski definition) is 0. The first kappa shape index (κ1) is 39.9. The molecule has 13 rings (SSSR count). The van der Waals surface area contributed by atoms with Gasteiger partial charge in [-0.15, -0.1) is 54.3 Å². The van der Waals surface area contributed by atoms with Crippen molar-refractivity contribution in [2.24, 2.45) is 0 Å². The first-order valence-corrected chi connectivity index (χ1v) is 22.1. The van der Waals surface area contributed by atoms with E-state index in [1.807, 2.05) is 0 Å². The Morgan fingerprint density at radius 3 is 1.79 bits per heavy atom. The summed E-state index contributed by atoms with van der Waals surface area (Å²) < 4.78 is 7.00. The summed E-state index contributed by atoms with van der Waals surface area (Å²) in [4.78, 5) is 9.89. The molecule has 66 heavy (non-hydrogen) atoms. The average Bonchev–Trinajstić information content (AvgIpc) is 4.10.